The molecule has 0 N–H and O–H groups in total. The zero-order valence-electron chi connectivity index (χ0n) is 8.10. The third-order valence-corrected chi connectivity index (χ3v) is 2.04. The Balaban J connectivity index is 2.32. The summed E-state index contributed by atoms with van der Waals surface area (Å²) in [5, 5.41) is 0. The molecule has 84 valence electrons. The molecule has 0 saturated heterocycles. The van der Waals surface area contributed by atoms with Crippen molar-refractivity contribution in [3.05, 3.63) is 35.9 Å². The van der Waals surface area contributed by atoms with E-state index in [1.807, 2.05) is 6.07 Å². The monoisotopic (exact) mass is 220 g/mol. The summed E-state index contributed by atoms with van der Waals surface area (Å²) in [7, 11) is 0. The van der Waals surface area contributed by atoms with E-state index < -0.39 is 18.8 Å². The second kappa shape index (κ2) is 5.14. The third-order valence-electron chi connectivity index (χ3n) is 2.04. The van der Waals surface area contributed by atoms with Gasteiger partial charge in [0.05, 0.1) is 6.42 Å². The van der Waals surface area contributed by atoms with Crippen LogP contribution in [0.4, 0.5) is 17.6 Å². The van der Waals surface area contributed by atoms with E-state index in [4.69, 9.17) is 0 Å². The predicted octanol–water partition coefficient (Wildman–Crippen LogP) is 3.91. The number of benzene rings is 1. The van der Waals surface area contributed by atoms with Crippen LogP contribution in [-0.2, 0) is 6.42 Å². The zero-order valence-corrected chi connectivity index (χ0v) is 8.10. The van der Waals surface area contributed by atoms with Gasteiger partial charge in [-0.3, -0.25) is 0 Å². The number of alkyl halides is 4. The fourth-order valence-electron chi connectivity index (χ4n) is 1.32. The SMILES string of the molecule is FC(CCc1ccccc1)CC(F)(F)F. The first-order valence-electron chi connectivity index (χ1n) is 4.72. The van der Waals surface area contributed by atoms with Crippen LogP contribution in [0, 0.1) is 0 Å². The average Bonchev–Trinajstić information content (AvgIpc) is 2.14. The summed E-state index contributed by atoms with van der Waals surface area (Å²) in [6.07, 6.45) is -7.29. The zero-order chi connectivity index (χ0) is 11.3. The van der Waals surface area contributed by atoms with Crippen LogP contribution in [0.15, 0.2) is 30.3 Å². The van der Waals surface area contributed by atoms with Crippen LogP contribution in [0.2, 0.25) is 0 Å². The quantitative estimate of drug-likeness (QED) is 0.675. The summed E-state index contributed by atoms with van der Waals surface area (Å²) in [6, 6.07) is 8.94. The molecule has 0 nitrogen and oxygen atoms in total. The summed E-state index contributed by atoms with van der Waals surface area (Å²) >= 11 is 0. The van der Waals surface area contributed by atoms with Gasteiger partial charge in [0.2, 0.25) is 0 Å². The van der Waals surface area contributed by atoms with Gasteiger partial charge in [-0.15, -0.1) is 0 Å². The van der Waals surface area contributed by atoms with E-state index in [1.165, 1.54) is 0 Å². The summed E-state index contributed by atoms with van der Waals surface area (Å²) in [4.78, 5) is 0. The molecule has 0 amide bonds. The lowest BCUT2D eigenvalue weighted by atomic mass is 10.1. The maximum absolute atomic E-state index is 12.9. The van der Waals surface area contributed by atoms with Crippen LogP contribution >= 0.6 is 0 Å². The second-order valence-electron chi connectivity index (χ2n) is 3.44. The lowest BCUT2D eigenvalue weighted by Gasteiger charge is -2.10. The van der Waals surface area contributed by atoms with E-state index in [2.05, 4.69) is 0 Å². The molecular weight excluding hydrogens is 208 g/mol. The van der Waals surface area contributed by atoms with Crippen molar-refractivity contribution in [2.75, 3.05) is 0 Å². The highest BCUT2D eigenvalue weighted by Gasteiger charge is 2.31. The second-order valence-corrected chi connectivity index (χ2v) is 3.44. The molecule has 0 heterocycles. The Morgan fingerprint density at radius 3 is 2.20 bits per heavy atom. The number of hydrogen-bond donors (Lipinski definition) is 0. The molecule has 0 radical (unpaired) electrons. The molecule has 1 unspecified atom stereocenters. The van der Waals surface area contributed by atoms with E-state index in [1.54, 1.807) is 24.3 Å². The van der Waals surface area contributed by atoms with Gasteiger partial charge in [-0.1, -0.05) is 30.3 Å². The van der Waals surface area contributed by atoms with Crippen molar-refractivity contribution in [1.29, 1.82) is 0 Å². The van der Waals surface area contributed by atoms with E-state index in [9.17, 15) is 17.6 Å². The topological polar surface area (TPSA) is 0 Å². The van der Waals surface area contributed by atoms with Crippen LogP contribution in [0.3, 0.4) is 0 Å². The summed E-state index contributed by atoms with van der Waals surface area (Å²) < 4.78 is 48.2. The largest absolute Gasteiger partial charge is 0.391 e. The molecule has 0 fully saturated rings. The molecule has 0 aliphatic heterocycles. The van der Waals surface area contributed by atoms with Crippen molar-refractivity contribution in [3.8, 4) is 0 Å². The van der Waals surface area contributed by atoms with Crippen LogP contribution < -0.4 is 0 Å². The van der Waals surface area contributed by atoms with E-state index in [0.717, 1.165) is 5.56 Å². The number of hydrogen-bond acceptors (Lipinski definition) is 0. The minimum atomic E-state index is -4.41. The van der Waals surface area contributed by atoms with Gasteiger partial charge >= 0.3 is 6.18 Å². The lowest BCUT2D eigenvalue weighted by Crippen LogP contribution is -2.16. The Kier molecular flexibility index (Phi) is 4.12. The number of rotatable bonds is 4. The van der Waals surface area contributed by atoms with Crippen molar-refractivity contribution < 1.29 is 17.6 Å². The van der Waals surface area contributed by atoms with Crippen LogP contribution in [0.1, 0.15) is 18.4 Å². The van der Waals surface area contributed by atoms with Crippen LogP contribution in [0.5, 0.6) is 0 Å². The van der Waals surface area contributed by atoms with Gasteiger partial charge in [0.1, 0.15) is 6.17 Å². The highest BCUT2D eigenvalue weighted by atomic mass is 19.4. The van der Waals surface area contributed by atoms with E-state index in [0.29, 0.717) is 6.42 Å². The Morgan fingerprint density at radius 2 is 1.67 bits per heavy atom. The highest BCUT2D eigenvalue weighted by Crippen LogP contribution is 2.25. The Labute approximate surface area is 85.9 Å². The van der Waals surface area contributed by atoms with E-state index in [-0.39, 0.29) is 6.42 Å². The van der Waals surface area contributed by atoms with Crippen LogP contribution in [-0.4, -0.2) is 12.3 Å². The maximum Gasteiger partial charge on any atom is 0.391 e. The Hall–Kier alpha value is -1.06. The molecule has 1 rings (SSSR count). The normalized spacial score (nSPS) is 13.9. The van der Waals surface area contributed by atoms with E-state index >= 15 is 0 Å². The van der Waals surface area contributed by atoms with Crippen LogP contribution in [0.25, 0.3) is 0 Å². The Bertz CT molecular complexity index is 278. The molecular formula is C11H12F4. The van der Waals surface area contributed by atoms with Gasteiger partial charge in [0.15, 0.2) is 0 Å². The summed E-state index contributed by atoms with van der Waals surface area (Å²) in [5.74, 6) is 0. The van der Waals surface area contributed by atoms with Crippen molar-refractivity contribution in [2.45, 2.75) is 31.6 Å². The molecule has 0 aliphatic carbocycles. The molecule has 4 heteroatoms. The third kappa shape index (κ3) is 5.40. The van der Waals surface area contributed by atoms with Gasteiger partial charge in [-0.2, -0.15) is 13.2 Å². The molecule has 15 heavy (non-hydrogen) atoms. The molecule has 0 saturated carbocycles. The van der Waals surface area contributed by atoms with Crippen molar-refractivity contribution >= 4 is 0 Å². The minimum Gasteiger partial charge on any atom is -0.247 e. The van der Waals surface area contributed by atoms with Crippen molar-refractivity contribution in [3.63, 3.8) is 0 Å². The van der Waals surface area contributed by atoms with Gasteiger partial charge in [0, 0.05) is 0 Å². The Morgan fingerprint density at radius 1 is 1.07 bits per heavy atom. The highest BCUT2D eigenvalue weighted by molar-refractivity contribution is 5.14. The number of aryl methyl sites for hydroxylation is 1. The van der Waals surface area contributed by atoms with Gasteiger partial charge in [-0.25, -0.2) is 4.39 Å². The maximum atomic E-state index is 12.9. The molecule has 1 aromatic rings. The fourth-order valence-corrected chi connectivity index (χ4v) is 1.32. The average molecular weight is 220 g/mol. The first-order valence-corrected chi connectivity index (χ1v) is 4.72. The molecule has 1 atom stereocenters. The number of halogens is 4. The molecule has 1 aromatic carbocycles. The van der Waals surface area contributed by atoms with Gasteiger partial charge < -0.3 is 0 Å². The summed E-state index contributed by atoms with van der Waals surface area (Å²) in [5.41, 5.74) is 0.863. The summed E-state index contributed by atoms with van der Waals surface area (Å²) in [6.45, 7) is 0. The van der Waals surface area contributed by atoms with Gasteiger partial charge in [-0.05, 0) is 18.4 Å². The lowest BCUT2D eigenvalue weighted by molar-refractivity contribution is -0.146. The first-order chi connectivity index (χ1) is 6.97. The minimum absolute atomic E-state index is 0.0798. The molecule has 0 aliphatic rings. The standard InChI is InChI=1S/C11H12F4/c12-10(8-11(13,14)15)7-6-9-4-2-1-3-5-9/h1-5,10H,6-8H2. The molecule has 0 spiro atoms. The molecule has 0 bridgehead atoms. The molecule has 0 aromatic heterocycles. The fraction of sp³-hybridized carbons (Fsp3) is 0.455. The van der Waals surface area contributed by atoms with Crippen molar-refractivity contribution in [1.82, 2.24) is 0 Å². The van der Waals surface area contributed by atoms with Crippen molar-refractivity contribution in [2.24, 2.45) is 0 Å². The van der Waals surface area contributed by atoms with Gasteiger partial charge in [0.25, 0.3) is 0 Å². The predicted molar refractivity (Wildman–Crippen MR) is 50.3 cm³/mol. The smallest absolute Gasteiger partial charge is 0.247 e. The first kappa shape index (κ1) is 12.0.